The number of hydrogen-bond donors (Lipinski definition) is 1. The zero-order valence-corrected chi connectivity index (χ0v) is 12.5. The summed E-state index contributed by atoms with van der Waals surface area (Å²) in [6.07, 6.45) is 6.54. The van der Waals surface area contributed by atoms with E-state index in [4.69, 9.17) is 4.74 Å². The molecule has 0 radical (unpaired) electrons. The topological polar surface area (TPSA) is 38.3 Å². The molecule has 0 atom stereocenters. The van der Waals surface area contributed by atoms with Crippen molar-refractivity contribution in [2.24, 2.45) is 0 Å². The highest BCUT2D eigenvalue weighted by Crippen LogP contribution is 2.31. The van der Waals surface area contributed by atoms with E-state index in [1.54, 1.807) is 0 Å². The third-order valence-corrected chi connectivity index (χ3v) is 3.20. The molecule has 0 aromatic heterocycles. The van der Waals surface area contributed by atoms with E-state index in [2.05, 4.69) is 17.5 Å². The van der Waals surface area contributed by atoms with Gasteiger partial charge in [0.05, 0.1) is 5.69 Å². The summed E-state index contributed by atoms with van der Waals surface area (Å²) in [6, 6.07) is 7.92. The van der Waals surface area contributed by atoms with Crippen LogP contribution >= 0.6 is 0 Å². The monoisotopic (exact) mass is 273 g/mol. The minimum absolute atomic E-state index is 0.402. The number of benzene rings is 1. The van der Waals surface area contributed by atoms with E-state index in [1.807, 2.05) is 39.0 Å². The van der Waals surface area contributed by atoms with Crippen LogP contribution in [-0.4, -0.2) is 11.7 Å². The zero-order valence-electron chi connectivity index (χ0n) is 12.5. The second kappa shape index (κ2) is 6.12. The summed E-state index contributed by atoms with van der Waals surface area (Å²) >= 11 is 0. The molecular formula is C17H23NO2. The first-order valence-corrected chi connectivity index (χ1v) is 7.24. The highest BCUT2D eigenvalue weighted by molar-refractivity contribution is 5.90. The van der Waals surface area contributed by atoms with Crippen LogP contribution < -0.4 is 5.32 Å². The Morgan fingerprint density at radius 1 is 1.20 bits per heavy atom. The highest BCUT2D eigenvalue weighted by Gasteiger charge is 2.18. The lowest BCUT2D eigenvalue weighted by atomic mass is 9.93. The molecule has 1 N–H and O–H groups in total. The molecule has 108 valence electrons. The van der Waals surface area contributed by atoms with Crippen molar-refractivity contribution in [3.63, 3.8) is 0 Å². The van der Waals surface area contributed by atoms with Crippen LogP contribution in [0.2, 0.25) is 0 Å². The first-order chi connectivity index (χ1) is 9.46. The summed E-state index contributed by atoms with van der Waals surface area (Å²) in [5.74, 6) is 0. The molecule has 3 heteroatoms. The van der Waals surface area contributed by atoms with E-state index in [0.29, 0.717) is 0 Å². The molecule has 0 bridgehead atoms. The molecular weight excluding hydrogens is 250 g/mol. The minimum Gasteiger partial charge on any atom is -0.444 e. The number of anilines is 1. The Morgan fingerprint density at radius 3 is 2.60 bits per heavy atom. The van der Waals surface area contributed by atoms with E-state index >= 15 is 0 Å². The van der Waals surface area contributed by atoms with Crippen molar-refractivity contribution < 1.29 is 9.53 Å². The van der Waals surface area contributed by atoms with Crippen LogP contribution in [-0.2, 0) is 4.74 Å². The third-order valence-electron chi connectivity index (χ3n) is 3.20. The first kappa shape index (κ1) is 14.6. The van der Waals surface area contributed by atoms with Crippen LogP contribution in [0, 0.1) is 0 Å². The second-order valence-electron chi connectivity index (χ2n) is 6.15. The van der Waals surface area contributed by atoms with E-state index in [1.165, 1.54) is 18.4 Å². The third kappa shape index (κ3) is 4.12. The molecule has 0 unspecified atom stereocenters. The van der Waals surface area contributed by atoms with E-state index < -0.39 is 11.7 Å². The quantitative estimate of drug-likeness (QED) is 0.824. The highest BCUT2D eigenvalue weighted by atomic mass is 16.6. The number of hydrogen-bond acceptors (Lipinski definition) is 2. The van der Waals surface area contributed by atoms with Gasteiger partial charge in [-0.05, 0) is 58.1 Å². The lowest BCUT2D eigenvalue weighted by Gasteiger charge is -2.21. The maximum absolute atomic E-state index is 11.9. The van der Waals surface area contributed by atoms with Crippen LogP contribution in [0.4, 0.5) is 10.5 Å². The van der Waals surface area contributed by atoms with Crippen molar-refractivity contribution in [3.05, 3.63) is 35.9 Å². The van der Waals surface area contributed by atoms with Gasteiger partial charge in [0.25, 0.3) is 0 Å². The lowest BCUT2D eigenvalue weighted by molar-refractivity contribution is 0.0636. The van der Waals surface area contributed by atoms with E-state index in [9.17, 15) is 4.79 Å². The van der Waals surface area contributed by atoms with Gasteiger partial charge in [0, 0.05) is 5.56 Å². The molecule has 20 heavy (non-hydrogen) atoms. The van der Waals surface area contributed by atoms with Gasteiger partial charge in [0.2, 0.25) is 0 Å². The fourth-order valence-electron chi connectivity index (χ4n) is 2.37. The average Bonchev–Trinajstić information content (AvgIpc) is 2.38. The molecule has 1 amide bonds. The van der Waals surface area contributed by atoms with Gasteiger partial charge in [-0.2, -0.15) is 0 Å². The van der Waals surface area contributed by atoms with Crippen LogP contribution in [0.5, 0.6) is 0 Å². The number of allylic oxidation sites excluding steroid dienone is 2. The van der Waals surface area contributed by atoms with E-state index in [-0.39, 0.29) is 0 Å². The average molecular weight is 273 g/mol. The zero-order chi connectivity index (χ0) is 14.6. The van der Waals surface area contributed by atoms with E-state index in [0.717, 1.165) is 24.1 Å². The lowest BCUT2D eigenvalue weighted by Crippen LogP contribution is -2.27. The van der Waals surface area contributed by atoms with Crippen LogP contribution in [0.3, 0.4) is 0 Å². The molecule has 1 aromatic rings. The standard InChI is InChI=1S/C17H23NO2/c1-17(2,3)20-16(19)18-15-12-8-7-11-14(15)13-9-5-4-6-10-13/h7-9,11-12H,4-6,10H2,1-3H3,(H,18,19). The summed E-state index contributed by atoms with van der Waals surface area (Å²) in [7, 11) is 0. The number of ether oxygens (including phenoxy) is 1. The second-order valence-corrected chi connectivity index (χ2v) is 6.15. The molecule has 0 spiro atoms. The van der Waals surface area contributed by atoms with Gasteiger partial charge >= 0.3 is 6.09 Å². The van der Waals surface area contributed by atoms with Crippen LogP contribution in [0.1, 0.15) is 52.0 Å². The number of carbonyl (C=O) groups excluding carboxylic acids is 1. The Labute approximate surface area is 121 Å². The van der Waals surface area contributed by atoms with Gasteiger partial charge in [-0.1, -0.05) is 24.3 Å². The predicted molar refractivity (Wildman–Crippen MR) is 82.7 cm³/mol. The maximum Gasteiger partial charge on any atom is 0.412 e. The number of nitrogens with one attached hydrogen (secondary N) is 1. The molecule has 0 heterocycles. The number of rotatable bonds is 2. The van der Waals surface area contributed by atoms with Crippen LogP contribution in [0.25, 0.3) is 5.57 Å². The number of amides is 1. The van der Waals surface area contributed by atoms with Crippen molar-refractivity contribution in [3.8, 4) is 0 Å². The molecule has 0 aliphatic heterocycles. The molecule has 0 saturated heterocycles. The fourth-order valence-corrected chi connectivity index (χ4v) is 2.37. The maximum atomic E-state index is 11.9. The fraction of sp³-hybridized carbons (Fsp3) is 0.471. The number of carbonyl (C=O) groups is 1. The van der Waals surface area contributed by atoms with Crippen LogP contribution in [0.15, 0.2) is 30.3 Å². The molecule has 1 aliphatic rings. The molecule has 0 fully saturated rings. The Morgan fingerprint density at radius 2 is 1.95 bits per heavy atom. The number of para-hydroxylation sites is 1. The summed E-state index contributed by atoms with van der Waals surface area (Å²) in [6.45, 7) is 5.59. The van der Waals surface area contributed by atoms with Gasteiger partial charge in [-0.15, -0.1) is 0 Å². The summed E-state index contributed by atoms with van der Waals surface area (Å²) in [4.78, 5) is 11.9. The Bertz CT molecular complexity index is 512. The molecule has 1 aromatic carbocycles. The SMILES string of the molecule is CC(C)(C)OC(=O)Nc1ccccc1C1=CCCCC1. The smallest absolute Gasteiger partial charge is 0.412 e. The van der Waals surface area contributed by atoms with Gasteiger partial charge < -0.3 is 4.74 Å². The van der Waals surface area contributed by atoms with Gasteiger partial charge in [-0.25, -0.2) is 4.79 Å². The van der Waals surface area contributed by atoms with Crippen molar-refractivity contribution in [1.29, 1.82) is 0 Å². The van der Waals surface area contributed by atoms with Gasteiger partial charge in [0.1, 0.15) is 5.60 Å². The summed E-state index contributed by atoms with van der Waals surface area (Å²) < 4.78 is 5.31. The molecule has 1 aliphatic carbocycles. The van der Waals surface area contributed by atoms with Crippen molar-refractivity contribution >= 4 is 17.4 Å². The molecule has 3 nitrogen and oxygen atoms in total. The Kier molecular flexibility index (Phi) is 4.48. The summed E-state index contributed by atoms with van der Waals surface area (Å²) in [5.41, 5.74) is 2.78. The van der Waals surface area contributed by atoms with Crippen molar-refractivity contribution in [2.45, 2.75) is 52.1 Å². The normalized spacial score (nSPS) is 15.4. The predicted octanol–water partition coefficient (Wildman–Crippen LogP) is 4.99. The van der Waals surface area contributed by atoms with Crippen molar-refractivity contribution in [1.82, 2.24) is 0 Å². The Hall–Kier alpha value is -1.77. The Balaban J connectivity index is 2.16. The molecule has 2 rings (SSSR count). The first-order valence-electron chi connectivity index (χ1n) is 7.24. The molecule has 0 saturated carbocycles. The van der Waals surface area contributed by atoms with Gasteiger partial charge in [0.15, 0.2) is 0 Å². The van der Waals surface area contributed by atoms with Crippen molar-refractivity contribution in [2.75, 3.05) is 5.32 Å². The minimum atomic E-state index is -0.483. The summed E-state index contributed by atoms with van der Waals surface area (Å²) in [5, 5.41) is 2.86. The largest absolute Gasteiger partial charge is 0.444 e. The van der Waals surface area contributed by atoms with Gasteiger partial charge in [-0.3, -0.25) is 5.32 Å².